The van der Waals surface area contributed by atoms with Crippen LogP contribution in [0.25, 0.3) is 0 Å². The van der Waals surface area contributed by atoms with Gasteiger partial charge in [-0.1, -0.05) is 112 Å². The Hall–Kier alpha value is 0.860. The first-order chi connectivity index (χ1) is 11.0. The SMILES string of the molecule is CC(C)(C)P(C[C@H]1CCCC[C@H]1P(C(C)(C)C)C(C)(C)C)C(C)(C)C. The van der Waals surface area contributed by atoms with Crippen LogP contribution in [-0.4, -0.2) is 32.4 Å². The Labute approximate surface area is 163 Å². The number of rotatable bonds is 3. The van der Waals surface area contributed by atoms with Gasteiger partial charge in [0.25, 0.3) is 0 Å². The molecule has 150 valence electrons. The van der Waals surface area contributed by atoms with Crippen molar-refractivity contribution in [1.29, 1.82) is 0 Å². The van der Waals surface area contributed by atoms with Gasteiger partial charge in [0.15, 0.2) is 0 Å². The molecule has 0 nitrogen and oxygen atoms in total. The van der Waals surface area contributed by atoms with Gasteiger partial charge in [-0.2, -0.15) is 0 Å². The second-order valence-electron chi connectivity index (χ2n) is 12.3. The maximum absolute atomic E-state index is 2.52. The molecule has 1 fully saturated rings. The summed E-state index contributed by atoms with van der Waals surface area (Å²) >= 11 is 0. The first kappa shape index (κ1) is 23.9. The monoisotopic (exact) mass is 386 g/mol. The van der Waals surface area contributed by atoms with E-state index in [1.54, 1.807) is 0 Å². The van der Waals surface area contributed by atoms with Crippen molar-refractivity contribution in [3.63, 3.8) is 0 Å². The van der Waals surface area contributed by atoms with Crippen molar-refractivity contribution >= 4 is 15.8 Å². The van der Waals surface area contributed by atoms with Crippen LogP contribution in [-0.2, 0) is 0 Å². The summed E-state index contributed by atoms with van der Waals surface area (Å²) in [4.78, 5) is 0. The summed E-state index contributed by atoms with van der Waals surface area (Å²) in [6.07, 6.45) is 7.41. The summed E-state index contributed by atoms with van der Waals surface area (Å²) in [6.45, 7) is 30.1. The summed E-state index contributed by atoms with van der Waals surface area (Å²) in [7, 11) is 0.0295. The minimum absolute atomic E-state index is 0.00783. The molecule has 0 unspecified atom stereocenters. The van der Waals surface area contributed by atoms with Crippen molar-refractivity contribution in [3.05, 3.63) is 0 Å². The van der Waals surface area contributed by atoms with E-state index in [2.05, 4.69) is 83.1 Å². The van der Waals surface area contributed by atoms with Gasteiger partial charge in [0, 0.05) is 0 Å². The second-order valence-corrected chi connectivity index (χ2v) is 20.3. The Balaban J connectivity index is 3.18. The van der Waals surface area contributed by atoms with Crippen molar-refractivity contribution in [1.82, 2.24) is 0 Å². The van der Waals surface area contributed by atoms with Crippen LogP contribution in [0.3, 0.4) is 0 Å². The molecule has 0 radical (unpaired) electrons. The molecule has 0 spiro atoms. The Morgan fingerprint density at radius 2 is 1.00 bits per heavy atom. The first-order valence-electron chi connectivity index (χ1n) is 10.5. The van der Waals surface area contributed by atoms with Crippen LogP contribution in [0.1, 0.15) is 109 Å². The van der Waals surface area contributed by atoms with E-state index in [9.17, 15) is 0 Å². The Bertz CT molecular complexity index is 383. The summed E-state index contributed by atoms with van der Waals surface area (Å²) in [6, 6.07) is 0. The predicted octanol–water partition coefficient (Wildman–Crippen LogP) is 8.70. The quantitative estimate of drug-likeness (QED) is 0.425. The molecule has 25 heavy (non-hydrogen) atoms. The lowest BCUT2D eigenvalue weighted by Gasteiger charge is -2.52. The largest absolute Gasteiger partial charge is 0.0953 e. The van der Waals surface area contributed by atoms with Gasteiger partial charge in [0.2, 0.25) is 0 Å². The van der Waals surface area contributed by atoms with Gasteiger partial charge in [-0.3, -0.25) is 0 Å². The molecule has 0 aromatic heterocycles. The Morgan fingerprint density at radius 3 is 1.36 bits per heavy atom. The second kappa shape index (κ2) is 8.08. The number of hydrogen-bond acceptors (Lipinski definition) is 0. The molecule has 1 aliphatic carbocycles. The highest BCUT2D eigenvalue weighted by Crippen LogP contribution is 2.68. The maximum atomic E-state index is 2.52. The smallest absolute Gasteiger partial charge is 0.0168 e. The van der Waals surface area contributed by atoms with Gasteiger partial charge in [0.05, 0.1) is 0 Å². The van der Waals surface area contributed by atoms with Crippen molar-refractivity contribution in [2.75, 3.05) is 6.16 Å². The topological polar surface area (TPSA) is 0 Å². The fourth-order valence-electron chi connectivity index (χ4n) is 5.53. The first-order valence-corrected chi connectivity index (χ1v) is 13.5. The molecule has 0 amide bonds. The van der Waals surface area contributed by atoms with Crippen molar-refractivity contribution in [3.8, 4) is 0 Å². The van der Waals surface area contributed by atoms with E-state index in [0.29, 0.717) is 20.6 Å². The molecule has 0 aromatic carbocycles. The molecule has 0 N–H and O–H groups in total. The molecule has 2 atom stereocenters. The molecule has 1 rings (SSSR count). The van der Waals surface area contributed by atoms with Crippen molar-refractivity contribution in [2.45, 2.75) is 135 Å². The van der Waals surface area contributed by atoms with Crippen molar-refractivity contribution < 1.29 is 0 Å². The van der Waals surface area contributed by atoms with Crippen LogP contribution in [0.15, 0.2) is 0 Å². The molecule has 2 heteroatoms. The average Bonchev–Trinajstić information content (AvgIpc) is 2.31. The molecular formula is C23H48P2. The van der Waals surface area contributed by atoms with Gasteiger partial charge in [-0.25, -0.2) is 0 Å². The van der Waals surface area contributed by atoms with Gasteiger partial charge in [-0.05, 0) is 51.2 Å². The number of hydrogen-bond donors (Lipinski definition) is 0. The zero-order chi connectivity index (χ0) is 19.8. The molecule has 0 saturated heterocycles. The summed E-state index contributed by atoms with van der Waals surface area (Å²) in [5.74, 6) is 0.961. The fourth-order valence-corrected chi connectivity index (χ4v) is 14.8. The third kappa shape index (κ3) is 6.75. The van der Waals surface area contributed by atoms with E-state index in [4.69, 9.17) is 0 Å². The highest BCUT2D eigenvalue weighted by Gasteiger charge is 2.45. The van der Waals surface area contributed by atoms with Gasteiger partial charge < -0.3 is 0 Å². The van der Waals surface area contributed by atoms with E-state index >= 15 is 0 Å². The van der Waals surface area contributed by atoms with E-state index in [-0.39, 0.29) is 15.8 Å². The van der Waals surface area contributed by atoms with Gasteiger partial charge in [-0.15, -0.1) is 0 Å². The molecule has 0 aliphatic heterocycles. The van der Waals surface area contributed by atoms with Crippen LogP contribution in [0.2, 0.25) is 0 Å². The molecule has 1 aliphatic rings. The lowest BCUT2D eigenvalue weighted by atomic mass is 9.90. The minimum atomic E-state index is 0.00783. The van der Waals surface area contributed by atoms with E-state index in [1.165, 1.54) is 31.8 Å². The molecule has 0 bridgehead atoms. The van der Waals surface area contributed by atoms with Crippen molar-refractivity contribution in [2.24, 2.45) is 5.92 Å². The van der Waals surface area contributed by atoms with Gasteiger partial charge in [0.1, 0.15) is 0 Å². The molecule has 0 aromatic rings. The summed E-state index contributed by atoms with van der Waals surface area (Å²) in [5.41, 5.74) is 0.971. The van der Waals surface area contributed by atoms with E-state index < -0.39 is 0 Å². The third-order valence-corrected chi connectivity index (χ3v) is 14.0. The van der Waals surface area contributed by atoms with Crippen LogP contribution in [0, 0.1) is 5.92 Å². The van der Waals surface area contributed by atoms with Crippen LogP contribution >= 0.6 is 15.8 Å². The highest BCUT2D eigenvalue weighted by molar-refractivity contribution is 7.62. The lowest BCUT2D eigenvalue weighted by Crippen LogP contribution is -2.39. The van der Waals surface area contributed by atoms with Crippen LogP contribution in [0.4, 0.5) is 0 Å². The Kier molecular flexibility index (Phi) is 7.72. The summed E-state index contributed by atoms with van der Waals surface area (Å²) < 4.78 is 0. The van der Waals surface area contributed by atoms with Gasteiger partial charge >= 0.3 is 0 Å². The average molecular weight is 387 g/mol. The minimum Gasteiger partial charge on any atom is -0.0953 e. The standard InChI is InChI=1S/C23H48P2/c1-20(2,3)24(21(4,5)6)17-18-15-13-14-16-19(18)25(22(7,8)9)23(10,11)12/h18-19H,13-17H2,1-12H3/t18-,19-/m1/s1. The highest BCUT2D eigenvalue weighted by atomic mass is 31.1. The van der Waals surface area contributed by atoms with E-state index in [0.717, 1.165) is 11.6 Å². The van der Waals surface area contributed by atoms with E-state index in [1.807, 2.05) is 0 Å². The summed E-state index contributed by atoms with van der Waals surface area (Å²) in [5, 5.41) is 1.84. The zero-order valence-corrected chi connectivity index (χ0v) is 21.4. The molecule has 0 heterocycles. The normalized spacial score (nSPS) is 24.2. The predicted molar refractivity (Wildman–Crippen MR) is 123 cm³/mol. The van der Waals surface area contributed by atoms with Crippen LogP contribution < -0.4 is 0 Å². The van der Waals surface area contributed by atoms with Crippen LogP contribution in [0.5, 0.6) is 0 Å². The molecule has 1 saturated carbocycles. The maximum Gasteiger partial charge on any atom is -0.0168 e. The fraction of sp³-hybridized carbons (Fsp3) is 1.00. The Morgan fingerprint density at radius 1 is 0.600 bits per heavy atom. The third-order valence-electron chi connectivity index (χ3n) is 5.68. The zero-order valence-electron chi connectivity index (χ0n) is 19.6. The lowest BCUT2D eigenvalue weighted by molar-refractivity contribution is 0.386. The molecular weight excluding hydrogens is 338 g/mol.